The summed E-state index contributed by atoms with van der Waals surface area (Å²) in [5, 5.41) is 15.2. The number of dihydropyridines is 1. The van der Waals surface area contributed by atoms with Crippen molar-refractivity contribution in [1.29, 1.82) is 5.26 Å². The maximum absolute atomic E-state index is 13.2. The second kappa shape index (κ2) is 7.99. The van der Waals surface area contributed by atoms with Crippen LogP contribution >= 0.6 is 11.3 Å². The zero-order valence-electron chi connectivity index (χ0n) is 17.6. The van der Waals surface area contributed by atoms with Gasteiger partial charge < -0.3 is 20.5 Å². The van der Waals surface area contributed by atoms with E-state index in [9.17, 15) is 14.9 Å². The van der Waals surface area contributed by atoms with E-state index in [0.29, 0.717) is 29.4 Å². The number of nitrogens with two attached hydrogens (primary N) is 1. The van der Waals surface area contributed by atoms with Crippen LogP contribution in [0.25, 0.3) is 10.1 Å². The van der Waals surface area contributed by atoms with Crippen LogP contribution in [0, 0.1) is 17.2 Å². The van der Waals surface area contributed by atoms with Gasteiger partial charge in [-0.25, -0.2) is 9.59 Å². The Morgan fingerprint density at radius 1 is 1.22 bits per heavy atom. The van der Waals surface area contributed by atoms with Crippen LogP contribution in [-0.4, -0.2) is 24.6 Å². The third kappa shape index (κ3) is 3.73. The number of hydrogen-bond donors (Lipinski definition) is 2. The molecule has 0 saturated heterocycles. The molecule has 2 fully saturated rings. The highest BCUT2D eigenvalue weighted by molar-refractivity contribution is 7.17. The number of carbonyl (C=O) groups excluding carboxylic acids is 2. The van der Waals surface area contributed by atoms with Crippen molar-refractivity contribution in [3.63, 3.8) is 0 Å². The molecule has 1 aliphatic heterocycles. The molecule has 3 N–H and O–H groups in total. The van der Waals surface area contributed by atoms with Crippen LogP contribution in [0.15, 0.2) is 46.2 Å². The van der Waals surface area contributed by atoms with Crippen molar-refractivity contribution >= 4 is 33.4 Å². The summed E-state index contributed by atoms with van der Waals surface area (Å²) in [7, 11) is 0. The van der Waals surface area contributed by atoms with Gasteiger partial charge in [-0.15, -0.1) is 11.3 Å². The lowest BCUT2D eigenvalue weighted by molar-refractivity contribution is -0.141. The van der Waals surface area contributed by atoms with Gasteiger partial charge in [0.25, 0.3) is 0 Å². The third-order valence-electron chi connectivity index (χ3n) is 6.04. The van der Waals surface area contributed by atoms with Crippen LogP contribution in [-0.2, 0) is 19.1 Å². The lowest BCUT2D eigenvalue weighted by Gasteiger charge is -2.29. The number of carbonyl (C=O) groups is 2. The molecule has 2 aromatic rings. The predicted molar refractivity (Wildman–Crippen MR) is 119 cm³/mol. The van der Waals surface area contributed by atoms with E-state index < -0.39 is 17.9 Å². The van der Waals surface area contributed by atoms with Crippen molar-refractivity contribution in [2.75, 3.05) is 6.61 Å². The van der Waals surface area contributed by atoms with Crippen molar-refractivity contribution in [1.82, 2.24) is 5.32 Å². The number of ether oxygens (including phenoxy) is 2. The SMILES string of the molecule is CC1=C(C(=O)OC2CC2)C(c2csc3c(C#N)cccc23)C(C(=O)OCC2CC2)=C(N)N1. The lowest BCUT2D eigenvalue weighted by Crippen LogP contribution is -2.36. The summed E-state index contributed by atoms with van der Waals surface area (Å²) in [6.45, 7) is 2.10. The topological polar surface area (TPSA) is 114 Å². The number of nitrogens with zero attached hydrogens (tertiary/aromatic N) is 1. The van der Waals surface area contributed by atoms with Gasteiger partial charge in [0.2, 0.25) is 0 Å². The molecule has 8 heteroatoms. The molecule has 0 amide bonds. The van der Waals surface area contributed by atoms with Crippen molar-refractivity contribution in [3.05, 3.63) is 57.4 Å². The number of allylic oxidation sites excluding steroid dienone is 1. The van der Waals surface area contributed by atoms with Crippen LogP contribution < -0.4 is 11.1 Å². The van der Waals surface area contributed by atoms with E-state index in [-0.39, 0.29) is 17.5 Å². The molecule has 1 unspecified atom stereocenters. The summed E-state index contributed by atoms with van der Waals surface area (Å²) < 4.78 is 12.0. The van der Waals surface area contributed by atoms with Crippen LogP contribution in [0.2, 0.25) is 0 Å². The number of thiophene rings is 1. The van der Waals surface area contributed by atoms with Gasteiger partial charge in [-0.2, -0.15) is 5.26 Å². The molecule has 0 radical (unpaired) electrons. The summed E-state index contributed by atoms with van der Waals surface area (Å²) in [5.41, 5.74) is 8.70. The molecular weight excluding hydrogens is 426 g/mol. The second-order valence-corrected chi connectivity index (χ2v) is 9.44. The van der Waals surface area contributed by atoms with E-state index in [1.807, 2.05) is 11.4 Å². The van der Waals surface area contributed by atoms with E-state index in [0.717, 1.165) is 41.3 Å². The standard InChI is InChI=1S/C24H23N3O4S/c1-12-18(24(29)31-15-7-8-15)19(17-11-32-21-14(9-25)3-2-4-16(17)21)20(22(26)27-12)23(28)30-10-13-5-6-13/h2-4,11,13,15,19,27H,5-8,10,26H2,1H3. The molecule has 2 heterocycles. The number of fused-ring (bicyclic) bond motifs is 1. The number of nitriles is 1. The molecule has 1 aromatic carbocycles. The van der Waals surface area contributed by atoms with E-state index in [1.165, 1.54) is 11.3 Å². The molecule has 1 aromatic heterocycles. The second-order valence-electron chi connectivity index (χ2n) is 8.56. The Morgan fingerprint density at radius 3 is 2.69 bits per heavy atom. The summed E-state index contributed by atoms with van der Waals surface area (Å²) >= 11 is 1.41. The fourth-order valence-electron chi connectivity index (χ4n) is 4.01. The monoisotopic (exact) mass is 449 g/mol. The highest BCUT2D eigenvalue weighted by Gasteiger charge is 2.41. The fourth-order valence-corrected chi connectivity index (χ4v) is 5.07. The summed E-state index contributed by atoms with van der Waals surface area (Å²) in [6, 6.07) is 7.66. The van der Waals surface area contributed by atoms with Crippen LogP contribution in [0.1, 0.15) is 49.7 Å². The maximum atomic E-state index is 13.2. The Morgan fingerprint density at radius 2 is 2.00 bits per heavy atom. The van der Waals surface area contributed by atoms with E-state index in [4.69, 9.17) is 15.2 Å². The molecule has 1 atom stereocenters. The fraction of sp³-hybridized carbons (Fsp3) is 0.375. The summed E-state index contributed by atoms with van der Waals surface area (Å²) in [5.74, 6) is -1.17. The third-order valence-corrected chi connectivity index (χ3v) is 7.09. The first-order chi connectivity index (χ1) is 15.5. The van der Waals surface area contributed by atoms with E-state index in [2.05, 4.69) is 11.4 Å². The van der Waals surface area contributed by atoms with Gasteiger partial charge in [0.1, 0.15) is 18.0 Å². The molecule has 3 aliphatic rings. The summed E-state index contributed by atoms with van der Waals surface area (Å²) in [4.78, 5) is 26.4. The molecule has 7 nitrogen and oxygen atoms in total. The largest absolute Gasteiger partial charge is 0.462 e. The predicted octanol–water partition coefficient (Wildman–Crippen LogP) is 3.56. The molecule has 164 valence electrons. The van der Waals surface area contributed by atoms with Crippen molar-refractivity contribution in [2.45, 2.75) is 44.6 Å². The highest BCUT2D eigenvalue weighted by Crippen LogP contribution is 2.44. The van der Waals surface area contributed by atoms with Gasteiger partial charge in [-0.1, -0.05) is 12.1 Å². The molecule has 2 saturated carbocycles. The Balaban J connectivity index is 1.62. The number of nitrogens with one attached hydrogen (secondary N) is 1. The van der Waals surface area contributed by atoms with Gasteiger partial charge in [0.05, 0.1) is 33.9 Å². The molecule has 32 heavy (non-hydrogen) atoms. The van der Waals surface area contributed by atoms with Crippen LogP contribution in [0.5, 0.6) is 0 Å². The molecular formula is C24H23N3O4S. The Hall–Kier alpha value is -3.31. The average molecular weight is 450 g/mol. The van der Waals surface area contributed by atoms with Crippen molar-refractivity contribution in [3.8, 4) is 6.07 Å². The first-order valence-corrected chi connectivity index (χ1v) is 11.6. The lowest BCUT2D eigenvalue weighted by atomic mass is 9.81. The zero-order valence-corrected chi connectivity index (χ0v) is 18.5. The number of rotatable bonds is 6. The minimum absolute atomic E-state index is 0.0821. The maximum Gasteiger partial charge on any atom is 0.338 e. The highest BCUT2D eigenvalue weighted by atomic mass is 32.1. The first kappa shape index (κ1) is 20.6. The van der Waals surface area contributed by atoms with Gasteiger partial charge >= 0.3 is 11.9 Å². The van der Waals surface area contributed by atoms with E-state index >= 15 is 0 Å². The minimum atomic E-state index is -0.739. The zero-order chi connectivity index (χ0) is 22.4. The molecule has 0 spiro atoms. The number of hydrogen-bond acceptors (Lipinski definition) is 8. The Bertz CT molecular complexity index is 1230. The van der Waals surface area contributed by atoms with Crippen molar-refractivity contribution < 1.29 is 19.1 Å². The van der Waals surface area contributed by atoms with E-state index in [1.54, 1.807) is 19.1 Å². The van der Waals surface area contributed by atoms with Gasteiger partial charge in [0, 0.05) is 5.70 Å². The quantitative estimate of drug-likeness (QED) is 0.648. The minimum Gasteiger partial charge on any atom is -0.462 e. The first-order valence-electron chi connectivity index (χ1n) is 10.7. The Labute approximate surface area is 189 Å². The molecule has 5 rings (SSSR count). The van der Waals surface area contributed by atoms with Crippen LogP contribution in [0.4, 0.5) is 0 Å². The van der Waals surface area contributed by atoms with Gasteiger partial charge in [0.15, 0.2) is 0 Å². The van der Waals surface area contributed by atoms with Gasteiger partial charge in [-0.3, -0.25) is 0 Å². The molecule has 0 bridgehead atoms. The summed E-state index contributed by atoms with van der Waals surface area (Å²) in [6.07, 6.45) is 3.71. The van der Waals surface area contributed by atoms with Crippen molar-refractivity contribution in [2.24, 2.45) is 11.7 Å². The Kier molecular flexibility index (Phi) is 5.14. The number of benzene rings is 1. The number of esters is 2. The average Bonchev–Trinajstić information content (AvgIpc) is 3.70. The smallest absolute Gasteiger partial charge is 0.338 e. The normalized spacial score (nSPS) is 20.7. The molecule has 2 aliphatic carbocycles. The van der Waals surface area contributed by atoms with Crippen LogP contribution in [0.3, 0.4) is 0 Å². The van der Waals surface area contributed by atoms with Gasteiger partial charge in [-0.05, 0) is 60.9 Å².